The normalized spacial score (nSPS) is 14.3. The number of methoxy groups -OCH3 is 1. The lowest BCUT2D eigenvalue weighted by molar-refractivity contribution is 0.0689. The van der Waals surface area contributed by atoms with Crippen LogP contribution in [0.1, 0.15) is 31.2 Å². The van der Waals surface area contributed by atoms with E-state index in [0.717, 1.165) is 55.8 Å². The van der Waals surface area contributed by atoms with Crippen LogP contribution in [0.2, 0.25) is 0 Å². The number of nitrogens with one attached hydrogen (secondary N) is 2. The van der Waals surface area contributed by atoms with E-state index in [1.807, 2.05) is 18.2 Å². The lowest BCUT2D eigenvalue weighted by Crippen LogP contribution is -2.37. The van der Waals surface area contributed by atoms with E-state index in [4.69, 9.17) is 14.2 Å². The summed E-state index contributed by atoms with van der Waals surface area (Å²) in [6, 6.07) is 8.20. The molecule has 0 amide bonds. The number of ether oxygens (including phenoxy) is 3. The van der Waals surface area contributed by atoms with E-state index in [0.29, 0.717) is 19.8 Å². The SMILES string of the molecule is CN=C(NCCCCOCCOC)NCc1ccccc1OCC1CC1. The molecule has 1 aliphatic carbocycles. The first kappa shape index (κ1) is 20.5. The van der Waals surface area contributed by atoms with E-state index in [1.54, 1.807) is 14.2 Å². The van der Waals surface area contributed by atoms with Crippen molar-refractivity contribution in [3.8, 4) is 5.75 Å². The van der Waals surface area contributed by atoms with Crippen LogP contribution in [0.15, 0.2) is 29.3 Å². The predicted octanol–water partition coefficient (Wildman–Crippen LogP) is 2.58. The van der Waals surface area contributed by atoms with Crippen LogP contribution in [-0.4, -0.2) is 53.1 Å². The Morgan fingerprint density at radius 1 is 1.12 bits per heavy atom. The van der Waals surface area contributed by atoms with Gasteiger partial charge in [0, 0.05) is 39.4 Å². The Labute approximate surface area is 157 Å². The number of aliphatic imine (C=N–C) groups is 1. The third-order valence-electron chi connectivity index (χ3n) is 4.25. The van der Waals surface area contributed by atoms with Gasteiger partial charge in [0.25, 0.3) is 0 Å². The summed E-state index contributed by atoms with van der Waals surface area (Å²) in [6.07, 6.45) is 4.66. The lowest BCUT2D eigenvalue weighted by atomic mass is 10.2. The molecule has 0 spiro atoms. The first-order valence-corrected chi connectivity index (χ1v) is 9.55. The average molecular weight is 364 g/mol. The molecule has 0 atom stereocenters. The molecular formula is C20H33N3O3. The molecule has 26 heavy (non-hydrogen) atoms. The van der Waals surface area contributed by atoms with Gasteiger partial charge in [0.2, 0.25) is 0 Å². The molecule has 6 heteroatoms. The first-order chi connectivity index (χ1) is 12.8. The minimum absolute atomic E-state index is 0.653. The zero-order chi connectivity index (χ0) is 18.5. The number of benzene rings is 1. The minimum Gasteiger partial charge on any atom is -0.493 e. The van der Waals surface area contributed by atoms with E-state index in [9.17, 15) is 0 Å². The molecule has 1 aromatic carbocycles. The molecule has 0 unspecified atom stereocenters. The Morgan fingerprint density at radius 3 is 2.73 bits per heavy atom. The summed E-state index contributed by atoms with van der Waals surface area (Å²) in [7, 11) is 3.47. The highest BCUT2D eigenvalue weighted by Crippen LogP contribution is 2.30. The number of para-hydroxylation sites is 1. The maximum atomic E-state index is 5.96. The van der Waals surface area contributed by atoms with Crippen molar-refractivity contribution in [1.29, 1.82) is 0 Å². The molecule has 0 aromatic heterocycles. The van der Waals surface area contributed by atoms with Crippen LogP contribution >= 0.6 is 0 Å². The fraction of sp³-hybridized carbons (Fsp3) is 0.650. The van der Waals surface area contributed by atoms with E-state index in [2.05, 4.69) is 21.7 Å². The van der Waals surface area contributed by atoms with Crippen LogP contribution in [0.25, 0.3) is 0 Å². The van der Waals surface area contributed by atoms with Crippen molar-refractivity contribution < 1.29 is 14.2 Å². The molecular weight excluding hydrogens is 330 g/mol. The van der Waals surface area contributed by atoms with Crippen LogP contribution in [0, 0.1) is 5.92 Å². The smallest absolute Gasteiger partial charge is 0.191 e. The van der Waals surface area contributed by atoms with Crippen molar-refractivity contribution >= 4 is 5.96 Å². The zero-order valence-corrected chi connectivity index (χ0v) is 16.1. The molecule has 2 rings (SSSR count). The summed E-state index contributed by atoms with van der Waals surface area (Å²) in [5, 5.41) is 6.70. The summed E-state index contributed by atoms with van der Waals surface area (Å²) in [5.74, 6) is 2.53. The largest absolute Gasteiger partial charge is 0.493 e. The quantitative estimate of drug-likeness (QED) is 0.320. The Balaban J connectivity index is 1.62. The standard InChI is InChI=1S/C20H33N3O3/c1-21-20(22-11-5-6-12-25-14-13-24-2)23-15-18-7-3-4-8-19(18)26-16-17-9-10-17/h3-4,7-8,17H,5-6,9-16H2,1-2H3,(H2,21,22,23). The minimum atomic E-state index is 0.653. The molecule has 0 aliphatic heterocycles. The number of guanidine groups is 1. The summed E-state index contributed by atoms with van der Waals surface area (Å²) >= 11 is 0. The van der Waals surface area contributed by atoms with Crippen LogP contribution in [0.3, 0.4) is 0 Å². The second-order valence-corrected chi connectivity index (χ2v) is 6.53. The summed E-state index contributed by atoms with van der Waals surface area (Å²) in [4.78, 5) is 4.28. The average Bonchev–Trinajstić information content (AvgIpc) is 3.50. The molecule has 0 bridgehead atoms. The second-order valence-electron chi connectivity index (χ2n) is 6.53. The van der Waals surface area contributed by atoms with Gasteiger partial charge in [0.15, 0.2) is 5.96 Å². The fourth-order valence-electron chi connectivity index (χ4n) is 2.46. The van der Waals surface area contributed by atoms with Gasteiger partial charge in [0.1, 0.15) is 5.75 Å². The predicted molar refractivity (Wildman–Crippen MR) is 105 cm³/mol. The zero-order valence-electron chi connectivity index (χ0n) is 16.1. The summed E-state index contributed by atoms with van der Waals surface area (Å²) in [5.41, 5.74) is 1.16. The van der Waals surface area contributed by atoms with Gasteiger partial charge in [-0.15, -0.1) is 0 Å². The van der Waals surface area contributed by atoms with Crippen LogP contribution in [-0.2, 0) is 16.0 Å². The van der Waals surface area contributed by atoms with Gasteiger partial charge in [-0.3, -0.25) is 4.99 Å². The molecule has 2 N–H and O–H groups in total. The van der Waals surface area contributed by atoms with Crippen LogP contribution < -0.4 is 15.4 Å². The molecule has 0 heterocycles. The van der Waals surface area contributed by atoms with Crippen LogP contribution in [0.5, 0.6) is 5.75 Å². The maximum Gasteiger partial charge on any atom is 0.191 e. The van der Waals surface area contributed by atoms with E-state index >= 15 is 0 Å². The molecule has 1 saturated carbocycles. The van der Waals surface area contributed by atoms with E-state index < -0.39 is 0 Å². The summed E-state index contributed by atoms with van der Waals surface area (Å²) < 4.78 is 16.4. The molecule has 1 aliphatic rings. The highest BCUT2D eigenvalue weighted by Gasteiger charge is 2.22. The van der Waals surface area contributed by atoms with Gasteiger partial charge in [-0.1, -0.05) is 18.2 Å². The number of rotatable bonds is 13. The van der Waals surface area contributed by atoms with Gasteiger partial charge < -0.3 is 24.8 Å². The monoisotopic (exact) mass is 363 g/mol. The number of unbranched alkanes of at least 4 members (excludes halogenated alkanes) is 1. The Morgan fingerprint density at radius 2 is 1.96 bits per heavy atom. The fourth-order valence-corrected chi connectivity index (χ4v) is 2.46. The molecule has 0 saturated heterocycles. The molecule has 1 fully saturated rings. The molecule has 6 nitrogen and oxygen atoms in total. The maximum absolute atomic E-state index is 5.96. The van der Waals surface area contributed by atoms with Crippen molar-refractivity contribution in [2.75, 3.05) is 47.1 Å². The lowest BCUT2D eigenvalue weighted by Gasteiger charge is -2.15. The second kappa shape index (κ2) is 12.5. The topological polar surface area (TPSA) is 64.1 Å². The third kappa shape index (κ3) is 8.54. The number of nitrogens with zero attached hydrogens (tertiary/aromatic N) is 1. The van der Waals surface area contributed by atoms with Gasteiger partial charge >= 0.3 is 0 Å². The van der Waals surface area contributed by atoms with Crippen molar-refractivity contribution in [3.05, 3.63) is 29.8 Å². The molecule has 0 radical (unpaired) electrons. The van der Waals surface area contributed by atoms with Crippen molar-refractivity contribution in [2.45, 2.75) is 32.2 Å². The van der Waals surface area contributed by atoms with E-state index in [1.165, 1.54) is 12.8 Å². The van der Waals surface area contributed by atoms with Crippen molar-refractivity contribution in [3.63, 3.8) is 0 Å². The Kier molecular flexibility index (Phi) is 9.90. The van der Waals surface area contributed by atoms with Crippen molar-refractivity contribution in [1.82, 2.24) is 10.6 Å². The Hall–Kier alpha value is -1.79. The van der Waals surface area contributed by atoms with Gasteiger partial charge in [-0.25, -0.2) is 0 Å². The van der Waals surface area contributed by atoms with Crippen LogP contribution in [0.4, 0.5) is 0 Å². The Bertz CT molecular complexity index is 533. The summed E-state index contributed by atoms with van der Waals surface area (Å²) in [6.45, 7) is 4.48. The number of hydrogen-bond acceptors (Lipinski definition) is 4. The number of hydrogen-bond donors (Lipinski definition) is 2. The van der Waals surface area contributed by atoms with Crippen molar-refractivity contribution in [2.24, 2.45) is 10.9 Å². The van der Waals surface area contributed by atoms with Gasteiger partial charge in [-0.05, 0) is 37.7 Å². The third-order valence-corrected chi connectivity index (χ3v) is 4.25. The molecule has 146 valence electrons. The molecule has 1 aromatic rings. The van der Waals surface area contributed by atoms with Gasteiger partial charge in [0.05, 0.1) is 19.8 Å². The van der Waals surface area contributed by atoms with Gasteiger partial charge in [-0.2, -0.15) is 0 Å². The highest BCUT2D eigenvalue weighted by molar-refractivity contribution is 5.79. The van der Waals surface area contributed by atoms with E-state index in [-0.39, 0.29) is 0 Å². The highest BCUT2D eigenvalue weighted by atomic mass is 16.5. The first-order valence-electron chi connectivity index (χ1n) is 9.55.